The number of aldehydes is 1. The van der Waals surface area contributed by atoms with Crippen LogP contribution in [-0.4, -0.2) is 48.4 Å². The van der Waals surface area contributed by atoms with E-state index in [4.69, 9.17) is 4.98 Å². The van der Waals surface area contributed by atoms with Crippen molar-refractivity contribution >= 4 is 23.0 Å². The van der Waals surface area contributed by atoms with Crippen LogP contribution in [0.5, 0.6) is 0 Å². The Balaban J connectivity index is 2.05. The summed E-state index contributed by atoms with van der Waals surface area (Å²) in [6.07, 6.45) is 0.917. The minimum atomic E-state index is 0.0751. The molecule has 2 aromatic rings. The van der Waals surface area contributed by atoms with Gasteiger partial charge in [0.25, 0.3) is 0 Å². The number of aromatic nitrogens is 1. The molecule has 1 aliphatic rings. The number of benzene rings is 1. The van der Waals surface area contributed by atoms with Crippen molar-refractivity contribution in [3.05, 3.63) is 35.9 Å². The molecule has 1 aliphatic heterocycles. The number of carbonyl (C=O) groups excluding carboxylic acids is 1. The Kier molecular flexibility index (Phi) is 3.41. The van der Waals surface area contributed by atoms with Crippen LogP contribution in [0.25, 0.3) is 10.9 Å². The summed E-state index contributed by atoms with van der Waals surface area (Å²) in [6, 6.07) is 9.88. The van der Waals surface area contributed by atoms with Crippen molar-refractivity contribution < 1.29 is 4.79 Å². The topological polar surface area (TPSA) is 36.4 Å². The summed E-state index contributed by atoms with van der Waals surface area (Å²) < 4.78 is 0. The van der Waals surface area contributed by atoms with Gasteiger partial charge < -0.3 is 4.90 Å². The first kappa shape index (κ1) is 14.0. The zero-order chi connectivity index (χ0) is 15.0. The quantitative estimate of drug-likeness (QED) is 0.794. The Bertz CT molecular complexity index is 681. The first-order valence-electron chi connectivity index (χ1n) is 7.32. The molecule has 0 aliphatic carbocycles. The van der Waals surface area contributed by atoms with Crippen molar-refractivity contribution in [2.75, 3.05) is 31.6 Å². The second-order valence-corrected chi connectivity index (χ2v) is 6.37. The van der Waals surface area contributed by atoms with E-state index < -0.39 is 0 Å². The summed E-state index contributed by atoms with van der Waals surface area (Å²) in [4.78, 5) is 20.8. The van der Waals surface area contributed by atoms with E-state index in [-0.39, 0.29) is 5.54 Å². The van der Waals surface area contributed by atoms with Crippen LogP contribution >= 0.6 is 0 Å². The van der Waals surface area contributed by atoms with Gasteiger partial charge in [-0.05, 0) is 33.0 Å². The summed E-state index contributed by atoms with van der Waals surface area (Å²) in [6.45, 7) is 7.18. The van der Waals surface area contributed by atoms with Gasteiger partial charge in [0.05, 0.1) is 11.1 Å². The molecule has 1 saturated heterocycles. The standard InChI is InChI=1S/C17H21N3O/c1-17(2)12-20(9-8-19(17)3)16-14(11-21)10-13-6-4-5-7-15(13)18-16/h4-7,10-11H,8-9,12H2,1-3H3. The van der Waals surface area contributed by atoms with E-state index in [0.29, 0.717) is 5.56 Å². The van der Waals surface area contributed by atoms with E-state index in [1.807, 2.05) is 30.3 Å². The molecule has 0 radical (unpaired) electrons. The molecule has 1 aromatic heterocycles. The van der Waals surface area contributed by atoms with Gasteiger partial charge in [0.15, 0.2) is 6.29 Å². The molecule has 0 N–H and O–H groups in total. The lowest BCUT2D eigenvalue weighted by Gasteiger charge is -2.46. The second-order valence-electron chi connectivity index (χ2n) is 6.37. The summed E-state index contributed by atoms with van der Waals surface area (Å²) in [5, 5.41) is 1.01. The lowest BCUT2D eigenvalue weighted by atomic mass is 9.99. The first-order valence-corrected chi connectivity index (χ1v) is 7.32. The minimum absolute atomic E-state index is 0.0751. The molecule has 0 unspecified atom stereocenters. The fraction of sp³-hybridized carbons (Fsp3) is 0.412. The summed E-state index contributed by atoms with van der Waals surface area (Å²) in [5.74, 6) is 0.810. The Morgan fingerprint density at radius 2 is 2.00 bits per heavy atom. The molecule has 0 bridgehead atoms. The number of fused-ring (bicyclic) bond motifs is 1. The summed E-state index contributed by atoms with van der Waals surface area (Å²) in [5.41, 5.74) is 1.69. The van der Waals surface area contributed by atoms with Crippen LogP contribution in [0.2, 0.25) is 0 Å². The molecule has 0 atom stereocenters. The van der Waals surface area contributed by atoms with Crippen LogP contribution in [0.3, 0.4) is 0 Å². The van der Waals surface area contributed by atoms with Crippen LogP contribution in [0.4, 0.5) is 5.82 Å². The van der Waals surface area contributed by atoms with E-state index in [1.54, 1.807) is 0 Å². The lowest BCUT2D eigenvalue weighted by molar-refractivity contribution is 0.112. The smallest absolute Gasteiger partial charge is 0.153 e. The van der Waals surface area contributed by atoms with Gasteiger partial charge in [-0.3, -0.25) is 9.69 Å². The summed E-state index contributed by atoms with van der Waals surface area (Å²) in [7, 11) is 2.14. The van der Waals surface area contributed by atoms with E-state index in [0.717, 1.165) is 42.6 Å². The molecule has 21 heavy (non-hydrogen) atoms. The molecule has 1 fully saturated rings. The number of rotatable bonds is 2. The van der Waals surface area contributed by atoms with Crippen molar-refractivity contribution in [1.29, 1.82) is 0 Å². The Morgan fingerprint density at radius 1 is 1.24 bits per heavy atom. The van der Waals surface area contributed by atoms with Crippen molar-refractivity contribution in [3.63, 3.8) is 0 Å². The van der Waals surface area contributed by atoms with Gasteiger partial charge in [-0.1, -0.05) is 18.2 Å². The third-order valence-electron chi connectivity index (χ3n) is 4.48. The molecule has 0 amide bonds. The van der Waals surface area contributed by atoms with E-state index >= 15 is 0 Å². The molecular formula is C17H21N3O. The molecule has 2 heterocycles. The van der Waals surface area contributed by atoms with Crippen LogP contribution in [0.15, 0.2) is 30.3 Å². The zero-order valence-corrected chi connectivity index (χ0v) is 12.8. The van der Waals surface area contributed by atoms with E-state index in [1.165, 1.54) is 0 Å². The normalized spacial score (nSPS) is 18.9. The number of para-hydroxylation sites is 1. The van der Waals surface area contributed by atoms with Gasteiger partial charge in [0.2, 0.25) is 0 Å². The highest BCUT2D eigenvalue weighted by Crippen LogP contribution is 2.27. The van der Waals surface area contributed by atoms with Gasteiger partial charge in [-0.25, -0.2) is 4.98 Å². The fourth-order valence-electron chi connectivity index (χ4n) is 2.88. The molecule has 4 nitrogen and oxygen atoms in total. The SMILES string of the molecule is CN1CCN(c2nc3ccccc3cc2C=O)CC1(C)C. The van der Waals surface area contributed by atoms with E-state index in [2.05, 4.69) is 30.7 Å². The number of likely N-dealkylation sites (N-methyl/N-ethyl adjacent to an activating group) is 1. The number of nitrogens with zero attached hydrogens (tertiary/aromatic N) is 3. The second kappa shape index (κ2) is 5.11. The van der Waals surface area contributed by atoms with Crippen LogP contribution in [-0.2, 0) is 0 Å². The predicted molar refractivity (Wildman–Crippen MR) is 86.1 cm³/mol. The highest BCUT2D eigenvalue weighted by molar-refractivity contribution is 5.91. The molecule has 0 saturated carbocycles. The third-order valence-corrected chi connectivity index (χ3v) is 4.48. The Morgan fingerprint density at radius 3 is 2.71 bits per heavy atom. The highest BCUT2D eigenvalue weighted by Gasteiger charge is 2.32. The van der Waals surface area contributed by atoms with Crippen molar-refractivity contribution in [1.82, 2.24) is 9.88 Å². The van der Waals surface area contributed by atoms with Crippen LogP contribution < -0.4 is 4.90 Å². The minimum Gasteiger partial charge on any atom is -0.353 e. The zero-order valence-electron chi connectivity index (χ0n) is 12.8. The van der Waals surface area contributed by atoms with Gasteiger partial charge in [0.1, 0.15) is 5.82 Å². The number of anilines is 1. The predicted octanol–water partition coefficient (Wildman–Crippen LogP) is 2.58. The average molecular weight is 283 g/mol. The molecule has 3 rings (SSSR count). The van der Waals surface area contributed by atoms with E-state index in [9.17, 15) is 4.79 Å². The highest BCUT2D eigenvalue weighted by atomic mass is 16.1. The van der Waals surface area contributed by atoms with Gasteiger partial charge in [-0.15, -0.1) is 0 Å². The third kappa shape index (κ3) is 2.51. The molecule has 1 aromatic carbocycles. The van der Waals surface area contributed by atoms with Gasteiger partial charge >= 0.3 is 0 Å². The Labute approximate surface area is 125 Å². The maximum absolute atomic E-state index is 11.5. The van der Waals surface area contributed by atoms with Gasteiger partial charge in [0, 0.05) is 30.6 Å². The lowest BCUT2D eigenvalue weighted by Crippen LogP contribution is -2.58. The molecule has 110 valence electrons. The summed E-state index contributed by atoms with van der Waals surface area (Å²) >= 11 is 0. The van der Waals surface area contributed by atoms with Crippen molar-refractivity contribution in [2.45, 2.75) is 19.4 Å². The van der Waals surface area contributed by atoms with Crippen molar-refractivity contribution in [3.8, 4) is 0 Å². The average Bonchev–Trinajstić information content (AvgIpc) is 2.48. The number of piperazine rings is 1. The van der Waals surface area contributed by atoms with Crippen LogP contribution in [0, 0.1) is 0 Å². The number of carbonyl (C=O) groups is 1. The Hall–Kier alpha value is -1.94. The number of hydrogen-bond donors (Lipinski definition) is 0. The molecule has 4 heteroatoms. The number of hydrogen-bond acceptors (Lipinski definition) is 4. The van der Waals surface area contributed by atoms with Crippen LogP contribution in [0.1, 0.15) is 24.2 Å². The largest absolute Gasteiger partial charge is 0.353 e. The molecular weight excluding hydrogens is 262 g/mol. The maximum Gasteiger partial charge on any atom is 0.153 e. The molecule has 0 spiro atoms. The fourth-order valence-corrected chi connectivity index (χ4v) is 2.88. The first-order chi connectivity index (χ1) is 10.0. The van der Waals surface area contributed by atoms with Crippen molar-refractivity contribution in [2.24, 2.45) is 0 Å². The maximum atomic E-state index is 11.5. The monoisotopic (exact) mass is 283 g/mol. The van der Waals surface area contributed by atoms with Gasteiger partial charge in [-0.2, -0.15) is 0 Å². The number of pyridine rings is 1.